The molecule has 0 spiro atoms. The fourth-order valence-corrected chi connectivity index (χ4v) is 3.41. The summed E-state index contributed by atoms with van der Waals surface area (Å²) in [4.78, 5) is 31.7. The van der Waals surface area contributed by atoms with E-state index in [0.29, 0.717) is 5.56 Å². The molecule has 5 N–H and O–H groups in total. The molecule has 1 aliphatic rings. The zero-order valence-corrected chi connectivity index (χ0v) is 17.3. The molecule has 1 aliphatic carbocycles. The van der Waals surface area contributed by atoms with E-state index in [4.69, 9.17) is 23.1 Å². The number of amides is 1. The summed E-state index contributed by atoms with van der Waals surface area (Å²) in [6, 6.07) is 2.47. The topological polar surface area (TPSA) is 124 Å². The lowest BCUT2D eigenvalue weighted by molar-refractivity contribution is -0.118. The van der Waals surface area contributed by atoms with Gasteiger partial charge in [-0.25, -0.2) is 14.4 Å². The molecule has 1 amide bonds. The Morgan fingerprint density at radius 3 is 2.55 bits per heavy atom. The number of rotatable bonds is 8. The molecule has 0 bridgehead atoms. The second kappa shape index (κ2) is 9.47. The number of nitrogens with one attached hydrogen (secondary N) is 1. The Kier molecular flexibility index (Phi) is 7.51. The van der Waals surface area contributed by atoms with Crippen molar-refractivity contribution in [2.24, 2.45) is 11.7 Å². The van der Waals surface area contributed by atoms with E-state index in [2.05, 4.69) is 15.3 Å². The molecule has 1 aromatic heterocycles. The summed E-state index contributed by atoms with van der Waals surface area (Å²) in [5.41, 5.74) is 10.8. The standard InChI is InChI=1S/C19H21ClFN5O2.ClH/c1-9(6-15(23)27)26-18(10-2-3-10)11-4-5-12(20)16(17(11)21)19(28)13-7-25-14(22)8-24-13;/h4-5,7-10,18,26H,2-3,6H2,1H3,(H2,22,25)(H2,23,27);1H/t9-,18-;/m1./s1. The zero-order valence-electron chi connectivity index (χ0n) is 15.7. The minimum atomic E-state index is -0.702. The fraction of sp³-hybridized carbons (Fsp3) is 0.368. The predicted octanol–water partition coefficient (Wildman–Crippen LogP) is 2.81. The first-order valence-electron chi connectivity index (χ1n) is 8.92. The fourth-order valence-electron chi connectivity index (χ4n) is 3.18. The van der Waals surface area contributed by atoms with E-state index < -0.39 is 17.5 Å². The van der Waals surface area contributed by atoms with Crippen LogP contribution in [0.1, 0.15) is 53.8 Å². The van der Waals surface area contributed by atoms with Gasteiger partial charge in [-0.05, 0) is 31.7 Å². The molecule has 0 radical (unpaired) electrons. The van der Waals surface area contributed by atoms with E-state index in [9.17, 15) is 9.59 Å². The number of anilines is 1. The van der Waals surface area contributed by atoms with Gasteiger partial charge in [0, 0.05) is 24.1 Å². The van der Waals surface area contributed by atoms with Crippen LogP contribution in [0.25, 0.3) is 0 Å². The molecule has 156 valence electrons. The summed E-state index contributed by atoms with van der Waals surface area (Å²) in [5.74, 6) is -1.45. The maximum absolute atomic E-state index is 15.4. The number of nitrogen functional groups attached to an aromatic ring is 1. The van der Waals surface area contributed by atoms with E-state index >= 15 is 4.39 Å². The quantitative estimate of drug-likeness (QED) is 0.540. The van der Waals surface area contributed by atoms with Gasteiger partial charge in [-0.1, -0.05) is 17.7 Å². The van der Waals surface area contributed by atoms with Crippen molar-refractivity contribution in [3.8, 4) is 0 Å². The third kappa shape index (κ3) is 5.41. The molecule has 1 aromatic carbocycles. The van der Waals surface area contributed by atoms with Crippen molar-refractivity contribution >= 4 is 41.5 Å². The lowest BCUT2D eigenvalue weighted by Gasteiger charge is -2.24. The highest BCUT2D eigenvalue weighted by Gasteiger charge is 2.36. The zero-order chi connectivity index (χ0) is 20.4. The van der Waals surface area contributed by atoms with E-state index in [1.165, 1.54) is 18.5 Å². The van der Waals surface area contributed by atoms with Gasteiger partial charge in [0.15, 0.2) is 0 Å². The maximum Gasteiger partial charge on any atom is 0.218 e. The highest BCUT2D eigenvalue weighted by Crippen LogP contribution is 2.43. The van der Waals surface area contributed by atoms with Crippen LogP contribution in [0.15, 0.2) is 24.5 Å². The summed E-state index contributed by atoms with van der Waals surface area (Å²) in [7, 11) is 0. The third-order valence-electron chi connectivity index (χ3n) is 4.65. The summed E-state index contributed by atoms with van der Waals surface area (Å²) in [6.45, 7) is 1.81. The number of ketones is 1. The molecule has 1 heterocycles. The molecule has 2 atom stereocenters. The Balaban J connectivity index is 0.00000300. The van der Waals surface area contributed by atoms with Crippen LogP contribution < -0.4 is 16.8 Å². The first kappa shape index (κ1) is 23.0. The number of carbonyl (C=O) groups is 2. The Hall–Kier alpha value is -2.29. The van der Waals surface area contributed by atoms with Crippen molar-refractivity contribution in [1.82, 2.24) is 15.3 Å². The minimum Gasteiger partial charge on any atom is -0.382 e. The molecule has 3 rings (SSSR count). The smallest absolute Gasteiger partial charge is 0.218 e. The van der Waals surface area contributed by atoms with E-state index in [-0.39, 0.29) is 58.9 Å². The van der Waals surface area contributed by atoms with Crippen molar-refractivity contribution < 1.29 is 14.0 Å². The van der Waals surface area contributed by atoms with Gasteiger partial charge in [-0.15, -0.1) is 12.4 Å². The largest absolute Gasteiger partial charge is 0.382 e. The molecule has 0 saturated heterocycles. The van der Waals surface area contributed by atoms with Crippen LogP contribution in [-0.2, 0) is 4.79 Å². The van der Waals surface area contributed by atoms with Gasteiger partial charge in [-0.3, -0.25) is 9.59 Å². The molecule has 29 heavy (non-hydrogen) atoms. The monoisotopic (exact) mass is 441 g/mol. The van der Waals surface area contributed by atoms with Crippen LogP contribution in [0.2, 0.25) is 5.02 Å². The van der Waals surface area contributed by atoms with Crippen molar-refractivity contribution in [1.29, 1.82) is 0 Å². The average molecular weight is 442 g/mol. The van der Waals surface area contributed by atoms with Crippen molar-refractivity contribution in [3.05, 3.63) is 52.2 Å². The van der Waals surface area contributed by atoms with E-state index in [0.717, 1.165) is 12.8 Å². The summed E-state index contributed by atoms with van der Waals surface area (Å²) < 4.78 is 15.4. The SMILES string of the molecule is C[C@H](CC(N)=O)N[C@@H](c1ccc(Cl)c(C(=O)c2cnc(N)cn2)c1F)C1CC1.Cl. The van der Waals surface area contributed by atoms with E-state index in [1.807, 2.05) is 6.92 Å². The van der Waals surface area contributed by atoms with Crippen LogP contribution in [0.3, 0.4) is 0 Å². The Morgan fingerprint density at radius 2 is 2.00 bits per heavy atom. The Bertz CT molecular complexity index is 906. The maximum atomic E-state index is 15.4. The normalized spacial score (nSPS) is 15.3. The molecule has 7 nitrogen and oxygen atoms in total. The van der Waals surface area contributed by atoms with Crippen LogP contribution >= 0.6 is 24.0 Å². The first-order chi connectivity index (χ1) is 13.3. The van der Waals surface area contributed by atoms with Gasteiger partial charge in [0.2, 0.25) is 11.7 Å². The Labute approximate surface area is 178 Å². The first-order valence-corrected chi connectivity index (χ1v) is 9.30. The number of aromatic nitrogens is 2. The number of hydrogen-bond donors (Lipinski definition) is 3. The molecular weight excluding hydrogens is 420 g/mol. The highest BCUT2D eigenvalue weighted by molar-refractivity contribution is 6.35. The molecule has 2 aromatic rings. The summed E-state index contributed by atoms with van der Waals surface area (Å²) in [5, 5.41) is 3.25. The number of nitrogens with two attached hydrogens (primary N) is 2. The van der Waals surface area contributed by atoms with Gasteiger partial charge >= 0.3 is 0 Å². The number of benzene rings is 1. The average Bonchev–Trinajstić information content (AvgIpc) is 3.45. The second-order valence-corrected chi connectivity index (χ2v) is 7.44. The minimum absolute atomic E-state index is 0. The number of hydrogen-bond acceptors (Lipinski definition) is 6. The van der Waals surface area contributed by atoms with Gasteiger partial charge in [-0.2, -0.15) is 0 Å². The lowest BCUT2D eigenvalue weighted by atomic mass is 9.95. The number of nitrogens with zero attached hydrogens (tertiary/aromatic N) is 2. The molecule has 10 heteroatoms. The lowest BCUT2D eigenvalue weighted by Crippen LogP contribution is -2.35. The van der Waals surface area contributed by atoms with Gasteiger partial charge in [0.25, 0.3) is 0 Å². The molecular formula is C19H22Cl2FN5O2. The van der Waals surface area contributed by atoms with Crippen LogP contribution in [0.4, 0.5) is 10.2 Å². The van der Waals surface area contributed by atoms with Crippen LogP contribution in [0.5, 0.6) is 0 Å². The van der Waals surface area contributed by atoms with Crippen LogP contribution in [-0.4, -0.2) is 27.7 Å². The second-order valence-electron chi connectivity index (χ2n) is 7.03. The molecule has 0 unspecified atom stereocenters. The van der Waals surface area contributed by atoms with Crippen molar-refractivity contribution in [3.63, 3.8) is 0 Å². The molecule has 1 fully saturated rings. The number of carbonyl (C=O) groups excluding carboxylic acids is 2. The van der Waals surface area contributed by atoms with Crippen LogP contribution in [0, 0.1) is 11.7 Å². The highest BCUT2D eigenvalue weighted by atomic mass is 35.5. The predicted molar refractivity (Wildman–Crippen MR) is 110 cm³/mol. The number of halogens is 3. The van der Waals surface area contributed by atoms with Gasteiger partial charge < -0.3 is 16.8 Å². The van der Waals surface area contributed by atoms with E-state index in [1.54, 1.807) is 6.07 Å². The van der Waals surface area contributed by atoms with Crippen molar-refractivity contribution in [2.75, 3.05) is 5.73 Å². The summed E-state index contributed by atoms with van der Waals surface area (Å²) >= 11 is 6.14. The molecule has 1 saturated carbocycles. The van der Waals surface area contributed by atoms with Crippen molar-refractivity contribution in [2.45, 2.75) is 38.3 Å². The van der Waals surface area contributed by atoms with Gasteiger partial charge in [0.05, 0.1) is 23.0 Å². The Morgan fingerprint density at radius 1 is 1.31 bits per heavy atom. The van der Waals surface area contributed by atoms with Gasteiger partial charge in [0.1, 0.15) is 17.3 Å². The third-order valence-corrected chi connectivity index (χ3v) is 4.97. The number of primary amides is 1. The summed E-state index contributed by atoms with van der Waals surface area (Å²) in [6.07, 6.45) is 4.39. The molecule has 0 aliphatic heterocycles.